The van der Waals surface area contributed by atoms with Crippen LogP contribution in [0.4, 0.5) is 0 Å². The smallest absolute Gasteiger partial charge is 0.135 e. The molecule has 0 unspecified atom stereocenters. The summed E-state index contributed by atoms with van der Waals surface area (Å²) in [5.41, 5.74) is 8.97. The normalized spacial score (nSPS) is 13.2. The van der Waals surface area contributed by atoms with Crippen LogP contribution in [0.5, 0.6) is 0 Å². The Morgan fingerprint density at radius 3 is 1.62 bits per heavy atom. The van der Waals surface area contributed by atoms with Crippen molar-refractivity contribution in [2.24, 2.45) is 0 Å². The van der Waals surface area contributed by atoms with Crippen LogP contribution in [0.1, 0.15) is 17.7 Å². The SMILES string of the molecule is C1=Cc2c(oc3ccc(-c4c5ccccc5c(-c5ccc6oc7ccccc7c6c5)c5ccccc45)cc23)CC1. The topological polar surface area (TPSA) is 26.3 Å². The molecule has 2 heteroatoms. The van der Waals surface area contributed by atoms with Gasteiger partial charge >= 0.3 is 0 Å². The van der Waals surface area contributed by atoms with E-state index in [4.69, 9.17) is 8.83 Å². The molecule has 0 saturated carbocycles. The molecule has 188 valence electrons. The molecule has 0 radical (unpaired) electrons. The van der Waals surface area contributed by atoms with Crippen LogP contribution >= 0.6 is 0 Å². The molecule has 9 rings (SSSR count). The van der Waals surface area contributed by atoms with Crippen molar-refractivity contribution in [3.05, 3.63) is 127 Å². The summed E-state index contributed by atoms with van der Waals surface area (Å²) in [5, 5.41) is 8.48. The number of hydrogen-bond donors (Lipinski definition) is 0. The Morgan fingerprint density at radius 1 is 0.450 bits per heavy atom. The van der Waals surface area contributed by atoms with Gasteiger partial charge in [-0.25, -0.2) is 0 Å². The predicted molar refractivity (Wildman–Crippen MR) is 167 cm³/mol. The molecule has 0 amide bonds. The van der Waals surface area contributed by atoms with E-state index in [0.717, 1.165) is 46.1 Å². The highest BCUT2D eigenvalue weighted by Crippen LogP contribution is 2.45. The van der Waals surface area contributed by atoms with Crippen molar-refractivity contribution in [2.45, 2.75) is 12.8 Å². The van der Waals surface area contributed by atoms with Crippen molar-refractivity contribution >= 4 is 60.5 Å². The summed E-state index contributed by atoms with van der Waals surface area (Å²) in [4.78, 5) is 0. The molecular formula is C38H24O2. The molecular weight excluding hydrogens is 488 g/mol. The molecule has 0 atom stereocenters. The summed E-state index contributed by atoms with van der Waals surface area (Å²) in [6.45, 7) is 0. The molecule has 1 aliphatic rings. The monoisotopic (exact) mass is 512 g/mol. The van der Waals surface area contributed by atoms with E-state index < -0.39 is 0 Å². The Morgan fingerprint density at radius 2 is 0.975 bits per heavy atom. The summed E-state index contributed by atoms with van der Waals surface area (Å²) in [7, 11) is 0. The van der Waals surface area contributed by atoms with Gasteiger partial charge in [-0.05, 0) is 80.6 Å². The number of hydrogen-bond acceptors (Lipinski definition) is 2. The molecule has 0 bridgehead atoms. The summed E-state index contributed by atoms with van der Waals surface area (Å²) < 4.78 is 12.4. The standard InChI is InChI=1S/C38H24O2/c1-2-12-28-27(11-1)37(23-17-19-35-31(21-23)25-9-5-7-15-33(25)39-35)29-13-3-4-14-30(29)38(28)24-18-20-36-32(22-24)26-10-6-8-16-34(26)40-36/h1-7,9-15,17-22H,8,16H2. The van der Waals surface area contributed by atoms with Crippen LogP contribution in [0, 0.1) is 0 Å². The maximum Gasteiger partial charge on any atom is 0.135 e. The average molecular weight is 513 g/mol. The van der Waals surface area contributed by atoms with E-state index in [1.54, 1.807) is 0 Å². The van der Waals surface area contributed by atoms with E-state index in [9.17, 15) is 0 Å². The minimum atomic E-state index is 0.918. The van der Waals surface area contributed by atoms with Crippen LogP contribution in [0.25, 0.3) is 82.8 Å². The van der Waals surface area contributed by atoms with Crippen molar-refractivity contribution in [3.63, 3.8) is 0 Å². The Balaban J connectivity index is 1.36. The van der Waals surface area contributed by atoms with Crippen molar-refractivity contribution in [1.82, 2.24) is 0 Å². The number of rotatable bonds is 2. The van der Waals surface area contributed by atoms with Gasteiger partial charge in [0, 0.05) is 28.1 Å². The van der Waals surface area contributed by atoms with Crippen LogP contribution in [-0.2, 0) is 6.42 Å². The fourth-order valence-corrected chi connectivity index (χ4v) is 6.74. The zero-order chi connectivity index (χ0) is 26.2. The van der Waals surface area contributed by atoms with E-state index in [0.29, 0.717) is 0 Å². The molecule has 2 heterocycles. The van der Waals surface area contributed by atoms with Gasteiger partial charge in [0.25, 0.3) is 0 Å². The van der Waals surface area contributed by atoms with Crippen LogP contribution in [0.15, 0.2) is 124 Å². The number of allylic oxidation sites excluding steroid dienone is 1. The highest BCUT2D eigenvalue weighted by Gasteiger charge is 2.20. The van der Waals surface area contributed by atoms with Gasteiger partial charge in [0.05, 0.1) is 0 Å². The van der Waals surface area contributed by atoms with Crippen LogP contribution in [-0.4, -0.2) is 0 Å². The zero-order valence-electron chi connectivity index (χ0n) is 21.8. The number of aryl methyl sites for hydroxylation is 1. The lowest BCUT2D eigenvalue weighted by atomic mass is 9.85. The third kappa shape index (κ3) is 3.05. The molecule has 0 aliphatic heterocycles. The summed E-state index contributed by atoms with van der Waals surface area (Å²) in [5.74, 6) is 1.10. The van der Waals surface area contributed by atoms with E-state index >= 15 is 0 Å². The zero-order valence-corrected chi connectivity index (χ0v) is 21.8. The Kier molecular flexibility index (Phi) is 4.48. The summed E-state index contributed by atoms with van der Waals surface area (Å²) >= 11 is 0. The third-order valence-electron chi connectivity index (χ3n) is 8.51. The van der Waals surface area contributed by atoms with Crippen molar-refractivity contribution in [1.29, 1.82) is 0 Å². The second kappa shape index (κ2) is 8.21. The first-order chi connectivity index (χ1) is 19.8. The minimum absolute atomic E-state index is 0.918. The van der Waals surface area contributed by atoms with Gasteiger partial charge in [-0.3, -0.25) is 0 Å². The highest BCUT2D eigenvalue weighted by atomic mass is 16.3. The number of para-hydroxylation sites is 1. The van der Waals surface area contributed by atoms with Crippen LogP contribution < -0.4 is 0 Å². The highest BCUT2D eigenvalue weighted by molar-refractivity contribution is 6.22. The van der Waals surface area contributed by atoms with Crippen molar-refractivity contribution in [2.75, 3.05) is 0 Å². The summed E-state index contributed by atoms with van der Waals surface area (Å²) in [6, 6.07) is 39.3. The molecule has 0 saturated heterocycles. The van der Waals surface area contributed by atoms with E-state index in [1.165, 1.54) is 54.7 Å². The maximum atomic E-state index is 6.23. The third-order valence-corrected chi connectivity index (χ3v) is 8.51. The Hall–Kier alpha value is -5.08. The average Bonchev–Trinajstić information content (AvgIpc) is 3.57. The lowest BCUT2D eigenvalue weighted by Gasteiger charge is -2.18. The number of benzene rings is 6. The molecule has 1 aliphatic carbocycles. The number of fused-ring (bicyclic) bond motifs is 8. The molecule has 2 aromatic heterocycles. The first kappa shape index (κ1) is 21.8. The Bertz CT molecular complexity index is 2270. The molecule has 6 aromatic carbocycles. The fraction of sp³-hybridized carbons (Fsp3) is 0.0526. The van der Waals surface area contributed by atoms with E-state index in [1.807, 2.05) is 12.1 Å². The predicted octanol–water partition coefficient (Wildman–Crippen LogP) is 10.9. The fourth-order valence-electron chi connectivity index (χ4n) is 6.74. The van der Waals surface area contributed by atoms with Crippen molar-refractivity contribution in [3.8, 4) is 22.3 Å². The van der Waals surface area contributed by atoms with Gasteiger partial charge < -0.3 is 8.83 Å². The molecule has 8 aromatic rings. The first-order valence-electron chi connectivity index (χ1n) is 13.9. The molecule has 2 nitrogen and oxygen atoms in total. The molecule has 40 heavy (non-hydrogen) atoms. The molecule has 0 spiro atoms. The Labute approximate surface area is 230 Å². The van der Waals surface area contributed by atoms with Gasteiger partial charge in [0.15, 0.2) is 0 Å². The van der Waals surface area contributed by atoms with Gasteiger partial charge in [-0.2, -0.15) is 0 Å². The number of furan rings is 2. The second-order valence-electron chi connectivity index (χ2n) is 10.7. The van der Waals surface area contributed by atoms with Crippen molar-refractivity contribution < 1.29 is 8.83 Å². The second-order valence-corrected chi connectivity index (χ2v) is 10.7. The van der Waals surface area contributed by atoms with Gasteiger partial charge in [-0.1, -0.05) is 91.0 Å². The lowest BCUT2D eigenvalue weighted by Crippen LogP contribution is -1.91. The van der Waals surface area contributed by atoms with Gasteiger partial charge in [0.2, 0.25) is 0 Å². The quantitative estimate of drug-likeness (QED) is 0.215. The first-order valence-corrected chi connectivity index (χ1v) is 13.9. The van der Waals surface area contributed by atoms with Gasteiger partial charge in [-0.15, -0.1) is 0 Å². The van der Waals surface area contributed by atoms with Crippen LogP contribution in [0.3, 0.4) is 0 Å². The maximum absolute atomic E-state index is 6.23. The lowest BCUT2D eigenvalue weighted by molar-refractivity contribution is 0.546. The van der Waals surface area contributed by atoms with Gasteiger partial charge in [0.1, 0.15) is 22.5 Å². The molecule has 0 N–H and O–H groups in total. The minimum Gasteiger partial charge on any atom is -0.460 e. The van der Waals surface area contributed by atoms with E-state index in [-0.39, 0.29) is 0 Å². The van der Waals surface area contributed by atoms with E-state index in [2.05, 4.69) is 109 Å². The van der Waals surface area contributed by atoms with Crippen LogP contribution in [0.2, 0.25) is 0 Å². The largest absolute Gasteiger partial charge is 0.460 e. The molecule has 0 fully saturated rings. The summed E-state index contributed by atoms with van der Waals surface area (Å²) in [6.07, 6.45) is 6.48.